The zero-order valence-electron chi connectivity index (χ0n) is 12.1. The lowest BCUT2D eigenvalue weighted by atomic mass is 9.92. The summed E-state index contributed by atoms with van der Waals surface area (Å²) < 4.78 is 18.6. The Morgan fingerprint density at radius 3 is 2.63 bits per heavy atom. The minimum atomic E-state index is -0.313. The summed E-state index contributed by atoms with van der Waals surface area (Å²) in [6.07, 6.45) is 1.76. The van der Waals surface area contributed by atoms with Gasteiger partial charge in [-0.2, -0.15) is 0 Å². The SMILES string of the molecule is CCCNC(Cc1ccc(F)cc1Cl)C(C)(C)OC. The molecule has 4 heteroatoms. The molecule has 108 valence electrons. The average molecular weight is 288 g/mol. The van der Waals surface area contributed by atoms with Gasteiger partial charge < -0.3 is 10.1 Å². The number of methoxy groups -OCH3 is 1. The molecule has 0 amide bonds. The van der Waals surface area contributed by atoms with Crippen LogP contribution in [-0.4, -0.2) is 25.3 Å². The first-order valence-electron chi connectivity index (χ1n) is 6.63. The minimum absolute atomic E-state index is 0.125. The topological polar surface area (TPSA) is 21.3 Å². The molecule has 0 aliphatic heterocycles. The number of nitrogens with one attached hydrogen (secondary N) is 1. The minimum Gasteiger partial charge on any atom is -0.377 e. The Morgan fingerprint density at radius 2 is 2.11 bits per heavy atom. The predicted octanol–water partition coefficient (Wildman–Crippen LogP) is 3.81. The fraction of sp³-hybridized carbons (Fsp3) is 0.600. The molecule has 1 aromatic rings. The van der Waals surface area contributed by atoms with Gasteiger partial charge >= 0.3 is 0 Å². The van der Waals surface area contributed by atoms with E-state index in [1.54, 1.807) is 13.2 Å². The Labute approximate surface area is 120 Å². The maximum Gasteiger partial charge on any atom is 0.124 e. The van der Waals surface area contributed by atoms with E-state index >= 15 is 0 Å². The molecule has 1 N–H and O–H groups in total. The van der Waals surface area contributed by atoms with Crippen LogP contribution >= 0.6 is 11.6 Å². The molecule has 19 heavy (non-hydrogen) atoms. The van der Waals surface area contributed by atoms with Crippen LogP contribution < -0.4 is 5.32 Å². The van der Waals surface area contributed by atoms with Crippen molar-refractivity contribution in [1.82, 2.24) is 5.32 Å². The fourth-order valence-electron chi connectivity index (χ4n) is 1.93. The van der Waals surface area contributed by atoms with Gasteiger partial charge in [-0.05, 0) is 50.9 Å². The summed E-state index contributed by atoms with van der Waals surface area (Å²) in [4.78, 5) is 0. The van der Waals surface area contributed by atoms with Crippen LogP contribution in [-0.2, 0) is 11.2 Å². The molecule has 1 aromatic carbocycles. The van der Waals surface area contributed by atoms with E-state index in [1.807, 2.05) is 13.8 Å². The largest absolute Gasteiger partial charge is 0.377 e. The second-order valence-corrected chi connectivity index (χ2v) is 5.66. The summed E-state index contributed by atoms with van der Waals surface area (Å²) in [5.41, 5.74) is 0.620. The summed E-state index contributed by atoms with van der Waals surface area (Å²) in [5, 5.41) is 3.94. The third kappa shape index (κ3) is 4.75. The average Bonchev–Trinajstić information content (AvgIpc) is 2.36. The number of benzene rings is 1. The summed E-state index contributed by atoms with van der Waals surface area (Å²) in [6, 6.07) is 4.66. The quantitative estimate of drug-likeness (QED) is 0.823. The normalized spacial score (nSPS) is 13.6. The fourth-order valence-corrected chi connectivity index (χ4v) is 2.18. The van der Waals surface area contributed by atoms with E-state index in [2.05, 4.69) is 12.2 Å². The van der Waals surface area contributed by atoms with Gasteiger partial charge in [-0.25, -0.2) is 4.39 Å². The standard InChI is InChI=1S/C15H23ClFNO/c1-5-8-18-14(15(2,3)19-4)9-11-6-7-12(17)10-13(11)16/h6-7,10,14,18H,5,8-9H2,1-4H3. The van der Waals surface area contributed by atoms with Crippen LogP contribution in [0, 0.1) is 5.82 Å². The second kappa shape index (κ2) is 7.22. The van der Waals surface area contributed by atoms with Crippen LogP contribution in [0.2, 0.25) is 5.02 Å². The maximum atomic E-state index is 13.1. The summed E-state index contributed by atoms with van der Waals surface area (Å²) in [6.45, 7) is 7.11. The van der Waals surface area contributed by atoms with Crippen LogP contribution in [0.4, 0.5) is 4.39 Å². The molecule has 0 aliphatic rings. The number of hydrogen-bond donors (Lipinski definition) is 1. The number of halogens is 2. The van der Waals surface area contributed by atoms with Gasteiger partial charge in [0.1, 0.15) is 5.82 Å². The first kappa shape index (κ1) is 16.4. The van der Waals surface area contributed by atoms with Gasteiger partial charge in [-0.3, -0.25) is 0 Å². The maximum absolute atomic E-state index is 13.1. The van der Waals surface area contributed by atoms with E-state index in [9.17, 15) is 4.39 Å². The van der Waals surface area contributed by atoms with Gasteiger partial charge in [0.2, 0.25) is 0 Å². The molecular weight excluding hydrogens is 265 g/mol. The van der Waals surface area contributed by atoms with Crippen molar-refractivity contribution in [3.05, 3.63) is 34.6 Å². The lowest BCUT2D eigenvalue weighted by Crippen LogP contribution is -2.49. The molecule has 0 aromatic heterocycles. The van der Waals surface area contributed by atoms with Gasteiger partial charge in [0.15, 0.2) is 0 Å². The lowest BCUT2D eigenvalue weighted by molar-refractivity contribution is -0.00997. The Kier molecular flexibility index (Phi) is 6.24. The van der Waals surface area contributed by atoms with E-state index in [0.29, 0.717) is 11.4 Å². The van der Waals surface area contributed by atoms with Crippen molar-refractivity contribution in [1.29, 1.82) is 0 Å². The highest BCUT2D eigenvalue weighted by atomic mass is 35.5. The number of ether oxygens (including phenoxy) is 1. The molecule has 0 fully saturated rings. The Morgan fingerprint density at radius 1 is 1.42 bits per heavy atom. The first-order chi connectivity index (χ1) is 8.90. The Bertz CT molecular complexity index is 409. The summed E-state index contributed by atoms with van der Waals surface area (Å²) in [7, 11) is 1.70. The zero-order chi connectivity index (χ0) is 14.5. The number of hydrogen-bond acceptors (Lipinski definition) is 2. The smallest absolute Gasteiger partial charge is 0.124 e. The van der Waals surface area contributed by atoms with E-state index in [1.165, 1.54) is 12.1 Å². The Balaban J connectivity index is 2.87. The van der Waals surface area contributed by atoms with Crippen molar-refractivity contribution in [3.63, 3.8) is 0 Å². The lowest BCUT2D eigenvalue weighted by Gasteiger charge is -2.34. The van der Waals surface area contributed by atoms with Crippen LogP contribution in [0.15, 0.2) is 18.2 Å². The van der Waals surface area contributed by atoms with Crippen molar-refractivity contribution in [2.75, 3.05) is 13.7 Å². The van der Waals surface area contributed by atoms with Crippen molar-refractivity contribution in [3.8, 4) is 0 Å². The summed E-state index contributed by atoms with van der Waals surface area (Å²) in [5.74, 6) is -0.308. The molecule has 1 atom stereocenters. The molecule has 0 bridgehead atoms. The zero-order valence-corrected chi connectivity index (χ0v) is 12.9. The number of rotatable bonds is 7. The van der Waals surface area contributed by atoms with Crippen molar-refractivity contribution < 1.29 is 9.13 Å². The first-order valence-corrected chi connectivity index (χ1v) is 7.01. The highest BCUT2D eigenvalue weighted by Crippen LogP contribution is 2.23. The van der Waals surface area contributed by atoms with Crippen LogP contribution in [0.3, 0.4) is 0 Å². The molecule has 0 saturated carbocycles. The van der Waals surface area contributed by atoms with E-state index in [4.69, 9.17) is 16.3 Å². The third-order valence-electron chi connectivity index (χ3n) is 3.45. The van der Waals surface area contributed by atoms with Crippen molar-refractivity contribution in [2.24, 2.45) is 0 Å². The molecule has 0 aliphatic carbocycles. The second-order valence-electron chi connectivity index (χ2n) is 5.25. The van der Waals surface area contributed by atoms with E-state index in [0.717, 1.165) is 18.5 Å². The van der Waals surface area contributed by atoms with Crippen molar-refractivity contribution >= 4 is 11.6 Å². The van der Waals surface area contributed by atoms with E-state index in [-0.39, 0.29) is 17.5 Å². The molecule has 0 saturated heterocycles. The van der Waals surface area contributed by atoms with Gasteiger partial charge in [0.25, 0.3) is 0 Å². The Hall–Kier alpha value is -0.640. The summed E-state index contributed by atoms with van der Waals surface area (Å²) >= 11 is 6.09. The monoisotopic (exact) mass is 287 g/mol. The van der Waals surface area contributed by atoms with Crippen LogP contribution in [0.5, 0.6) is 0 Å². The molecule has 0 spiro atoms. The predicted molar refractivity (Wildman–Crippen MR) is 78.3 cm³/mol. The molecule has 2 nitrogen and oxygen atoms in total. The van der Waals surface area contributed by atoms with Gasteiger partial charge in [-0.1, -0.05) is 24.6 Å². The van der Waals surface area contributed by atoms with Gasteiger partial charge in [0.05, 0.1) is 5.60 Å². The molecule has 1 unspecified atom stereocenters. The molecule has 1 rings (SSSR count). The van der Waals surface area contributed by atoms with E-state index < -0.39 is 0 Å². The highest BCUT2D eigenvalue weighted by Gasteiger charge is 2.29. The molecule has 0 heterocycles. The van der Waals surface area contributed by atoms with Crippen LogP contribution in [0.1, 0.15) is 32.8 Å². The third-order valence-corrected chi connectivity index (χ3v) is 3.80. The molecular formula is C15H23ClFNO. The van der Waals surface area contributed by atoms with Crippen LogP contribution in [0.25, 0.3) is 0 Å². The molecule has 0 radical (unpaired) electrons. The highest BCUT2D eigenvalue weighted by molar-refractivity contribution is 6.31. The van der Waals surface area contributed by atoms with Gasteiger partial charge in [-0.15, -0.1) is 0 Å². The van der Waals surface area contributed by atoms with Crippen molar-refractivity contribution in [2.45, 2.75) is 45.3 Å². The van der Waals surface area contributed by atoms with Gasteiger partial charge in [0, 0.05) is 18.2 Å².